The number of carbonyl (C=O) groups is 1. The highest BCUT2D eigenvalue weighted by molar-refractivity contribution is 5.74. The van der Waals surface area contributed by atoms with Gasteiger partial charge in [0.25, 0.3) is 0 Å². The van der Waals surface area contributed by atoms with Gasteiger partial charge in [0.15, 0.2) is 0 Å². The van der Waals surface area contributed by atoms with Crippen LogP contribution >= 0.6 is 0 Å². The fraction of sp³-hybridized carbons (Fsp3) is 0.632. The van der Waals surface area contributed by atoms with E-state index >= 15 is 0 Å². The zero-order valence-corrected chi connectivity index (χ0v) is 14.8. The van der Waals surface area contributed by atoms with Crippen molar-refractivity contribution in [2.75, 3.05) is 40.3 Å². The Bertz CT molecular complexity index is 546. The molecular weight excluding hydrogens is 302 g/mol. The first-order valence-electron chi connectivity index (χ1n) is 9.03. The van der Waals surface area contributed by atoms with Crippen LogP contribution in [-0.4, -0.2) is 62.2 Å². The van der Waals surface area contributed by atoms with Crippen LogP contribution in [0.2, 0.25) is 0 Å². The van der Waals surface area contributed by atoms with Gasteiger partial charge < -0.3 is 19.9 Å². The predicted octanol–water partition coefficient (Wildman–Crippen LogP) is 2.36. The minimum atomic E-state index is 0.114. The summed E-state index contributed by atoms with van der Waals surface area (Å²) >= 11 is 0. The first-order valence-corrected chi connectivity index (χ1v) is 9.03. The number of fused-ring (bicyclic) bond motifs is 1. The van der Waals surface area contributed by atoms with Crippen molar-refractivity contribution >= 4 is 6.03 Å². The molecule has 1 aromatic carbocycles. The van der Waals surface area contributed by atoms with Crippen LogP contribution in [0.4, 0.5) is 4.79 Å². The molecule has 5 heteroatoms. The van der Waals surface area contributed by atoms with Crippen LogP contribution in [0.5, 0.6) is 5.75 Å². The summed E-state index contributed by atoms with van der Waals surface area (Å²) in [5.41, 5.74) is 1.21. The fourth-order valence-electron chi connectivity index (χ4n) is 4.04. The molecule has 24 heavy (non-hydrogen) atoms. The summed E-state index contributed by atoms with van der Waals surface area (Å²) in [5, 5.41) is 3.12. The molecule has 5 nitrogen and oxygen atoms in total. The molecule has 2 aliphatic rings. The second kappa shape index (κ2) is 7.88. The second-order valence-corrected chi connectivity index (χ2v) is 7.04. The Morgan fingerprint density at radius 2 is 2.04 bits per heavy atom. The maximum Gasteiger partial charge on any atom is 0.317 e. The lowest BCUT2D eigenvalue weighted by Crippen LogP contribution is -2.57. The molecule has 0 aliphatic carbocycles. The number of benzene rings is 1. The average Bonchev–Trinajstić information content (AvgIpc) is 2.61. The maximum atomic E-state index is 12.6. The second-order valence-electron chi connectivity index (χ2n) is 7.04. The monoisotopic (exact) mass is 331 g/mol. The fourth-order valence-corrected chi connectivity index (χ4v) is 4.04. The average molecular weight is 331 g/mol. The highest BCUT2D eigenvalue weighted by Crippen LogP contribution is 2.30. The van der Waals surface area contributed by atoms with Gasteiger partial charge in [0.2, 0.25) is 0 Å². The number of likely N-dealkylation sites (tertiary alicyclic amines) is 2. The summed E-state index contributed by atoms with van der Waals surface area (Å²) < 4.78 is 5.17. The third-order valence-electron chi connectivity index (χ3n) is 5.38. The number of rotatable bonds is 4. The van der Waals surface area contributed by atoms with Gasteiger partial charge >= 0.3 is 6.03 Å². The van der Waals surface area contributed by atoms with Crippen molar-refractivity contribution in [1.29, 1.82) is 0 Å². The van der Waals surface area contributed by atoms with Gasteiger partial charge in [-0.1, -0.05) is 12.1 Å². The predicted molar refractivity (Wildman–Crippen MR) is 95.4 cm³/mol. The summed E-state index contributed by atoms with van der Waals surface area (Å²) in [5.74, 6) is 1.51. The first kappa shape index (κ1) is 17.1. The molecule has 2 fully saturated rings. The topological polar surface area (TPSA) is 44.8 Å². The number of nitrogens with one attached hydrogen (secondary N) is 1. The molecule has 2 aliphatic heterocycles. The Balaban J connectivity index is 1.49. The van der Waals surface area contributed by atoms with Crippen molar-refractivity contribution in [2.45, 2.75) is 31.7 Å². The number of methoxy groups -OCH3 is 1. The normalized spacial score (nSPS) is 24.3. The molecule has 1 aromatic rings. The third kappa shape index (κ3) is 4.01. The summed E-state index contributed by atoms with van der Waals surface area (Å²) in [6.07, 6.45) is 4.33. The van der Waals surface area contributed by atoms with Crippen LogP contribution < -0.4 is 10.1 Å². The summed E-state index contributed by atoms with van der Waals surface area (Å²) in [6, 6.07) is 8.58. The quantitative estimate of drug-likeness (QED) is 0.921. The lowest BCUT2D eigenvalue weighted by Gasteiger charge is -2.46. The number of urea groups is 1. The molecule has 2 unspecified atom stereocenters. The Kier molecular flexibility index (Phi) is 5.61. The molecule has 2 amide bonds. The van der Waals surface area contributed by atoms with E-state index in [1.807, 2.05) is 12.1 Å². The summed E-state index contributed by atoms with van der Waals surface area (Å²) in [7, 11) is 3.86. The van der Waals surface area contributed by atoms with Crippen molar-refractivity contribution in [1.82, 2.24) is 15.1 Å². The van der Waals surface area contributed by atoms with Crippen LogP contribution in [0.15, 0.2) is 24.3 Å². The molecule has 0 bridgehead atoms. The first-order chi connectivity index (χ1) is 11.7. The van der Waals surface area contributed by atoms with E-state index in [0.29, 0.717) is 18.5 Å². The maximum absolute atomic E-state index is 12.6. The largest absolute Gasteiger partial charge is 0.497 e. The van der Waals surface area contributed by atoms with Gasteiger partial charge in [-0.3, -0.25) is 0 Å². The van der Waals surface area contributed by atoms with Gasteiger partial charge in [0.05, 0.1) is 7.11 Å². The van der Waals surface area contributed by atoms with E-state index in [2.05, 4.69) is 34.3 Å². The molecule has 2 heterocycles. The van der Waals surface area contributed by atoms with E-state index in [1.165, 1.54) is 12.0 Å². The molecular formula is C19H29N3O2. The lowest BCUT2D eigenvalue weighted by molar-refractivity contribution is 0.0534. The number of hydrogen-bond donors (Lipinski definition) is 1. The molecule has 2 atom stereocenters. The van der Waals surface area contributed by atoms with Crippen LogP contribution in [-0.2, 0) is 6.42 Å². The third-order valence-corrected chi connectivity index (χ3v) is 5.38. The molecule has 0 spiro atoms. The van der Waals surface area contributed by atoms with Gasteiger partial charge in [0, 0.05) is 25.7 Å². The van der Waals surface area contributed by atoms with E-state index in [0.717, 1.165) is 44.6 Å². The van der Waals surface area contributed by atoms with E-state index in [-0.39, 0.29) is 6.03 Å². The smallest absolute Gasteiger partial charge is 0.317 e. The van der Waals surface area contributed by atoms with Crippen molar-refractivity contribution in [2.24, 2.45) is 5.92 Å². The molecule has 0 aromatic heterocycles. The van der Waals surface area contributed by atoms with Gasteiger partial charge in [0.1, 0.15) is 5.75 Å². The molecule has 1 N–H and O–H groups in total. The van der Waals surface area contributed by atoms with Gasteiger partial charge in [-0.25, -0.2) is 4.79 Å². The number of carbonyl (C=O) groups excluding carboxylic acids is 1. The minimum Gasteiger partial charge on any atom is -0.497 e. The van der Waals surface area contributed by atoms with Crippen LogP contribution in [0.25, 0.3) is 0 Å². The molecule has 0 radical (unpaired) electrons. The van der Waals surface area contributed by atoms with Crippen molar-refractivity contribution in [3.05, 3.63) is 29.8 Å². The number of hydrogen-bond acceptors (Lipinski definition) is 3. The summed E-state index contributed by atoms with van der Waals surface area (Å²) in [4.78, 5) is 17.1. The van der Waals surface area contributed by atoms with Gasteiger partial charge in [-0.2, -0.15) is 0 Å². The highest BCUT2D eigenvalue weighted by Gasteiger charge is 2.37. The standard InChI is InChI=1S/C19H29N3O2/c1-21-13-10-18-16(14-21)4-3-12-22(18)19(23)20-11-9-15-5-7-17(24-2)8-6-15/h5-8,16,18H,3-4,9-14H2,1-2H3,(H,20,23). The highest BCUT2D eigenvalue weighted by atomic mass is 16.5. The number of piperidine rings is 2. The number of amides is 2. The zero-order valence-electron chi connectivity index (χ0n) is 14.8. The van der Waals surface area contributed by atoms with E-state index in [1.54, 1.807) is 7.11 Å². The van der Waals surface area contributed by atoms with E-state index in [4.69, 9.17) is 4.74 Å². The molecule has 132 valence electrons. The lowest BCUT2D eigenvalue weighted by atomic mass is 9.84. The molecule has 2 saturated heterocycles. The van der Waals surface area contributed by atoms with Gasteiger partial charge in [-0.05, 0) is 62.9 Å². The van der Waals surface area contributed by atoms with Gasteiger partial charge in [-0.15, -0.1) is 0 Å². The summed E-state index contributed by atoms with van der Waals surface area (Å²) in [6.45, 7) is 3.80. The minimum absolute atomic E-state index is 0.114. The Morgan fingerprint density at radius 1 is 1.25 bits per heavy atom. The van der Waals surface area contributed by atoms with Crippen molar-refractivity contribution in [3.8, 4) is 5.75 Å². The van der Waals surface area contributed by atoms with E-state index < -0.39 is 0 Å². The van der Waals surface area contributed by atoms with Crippen LogP contribution in [0.3, 0.4) is 0 Å². The Labute approximate surface area is 145 Å². The Hall–Kier alpha value is -1.75. The van der Waals surface area contributed by atoms with Crippen molar-refractivity contribution < 1.29 is 9.53 Å². The van der Waals surface area contributed by atoms with Crippen LogP contribution in [0.1, 0.15) is 24.8 Å². The molecule has 3 rings (SSSR count). The number of nitrogens with zero attached hydrogens (tertiary/aromatic N) is 2. The molecule has 0 saturated carbocycles. The van der Waals surface area contributed by atoms with Crippen molar-refractivity contribution in [3.63, 3.8) is 0 Å². The SMILES string of the molecule is COc1ccc(CCNC(=O)N2CCCC3CN(C)CCC32)cc1. The van der Waals surface area contributed by atoms with Crippen LogP contribution in [0, 0.1) is 5.92 Å². The zero-order chi connectivity index (χ0) is 16.9. The Morgan fingerprint density at radius 3 is 2.79 bits per heavy atom. The number of ether oxygens (including phenoxy) is 1. The van der Waals surface area contributed by atoms with E-state index in [9.17, 15) is 4.79 Å².